The number of nitrogens with zero attached hydrogens (tertiary/aromatic N) is 5. The minimum absolute atomic E-state index is 0.385. The molecule has 2 aliphatic rings. The van der Waals surface area contributed by atoms with Crippen molar-refractivity contribution < 1.29 is 9.90 Å². The van der Waals surface area contributed by atoms with Gasteiger partial charge >= 0.3 is 6.09 Å². The lowest BCUT2D eigenvalue weighted by atomic mass is 9.95. The van der Waals surface area contributed by atoms with Crippen LogP contribution in [0.15, 0.2) is 35.6 Å². The Balaban J connectivity index is 1.74. The van der Waals surface area contributed by atoms with Gasteiger partial charge in [0.2, 0.25) is 0 Å². The second-order valence-electron chi connectivity index (χ2n) is 6.40. The number of carboxylic acid groups (broad SMARTS) is 1. The fourth-order valence-corrected chi connectivity index (χ4v) is 5.18. The standard InChI is InChI=1S/C18H14ClN5O2S/c19-12-4-2-1-3-10(12)16-15-11-5-6-23(18(25)26)8-13(11)27-17(15)24-9-21-22-14(24)7-20-16/h1-4,9H,5-8H2,(H,25,26). The molecular weight excluding hydrogens is 386 g/mol. The highest BCUT2D eigenvalue weighted by Crippen LogP contribution is 2.39. The van der Waals surface area contributed by atoms with E-state index in [1.165, 1.54) is 4.90 Å². The predicted octanol–water partition coefficient (Wildman–Crippen LogP) is 3.37. The van der Waals surface area contributed by atoms with Gasteiger partial charge in [0.05, 0.1) is 12.3 Å². The maximum absolute atomic E-state index is 11.4. The first-order valence-electron chi connectivity index (χ1n) is 8.45. The van der Waals surface area contributed by atoms with E-state index in [2.05, 4.69) is 10.2 Å². The second-order valence-corrected chi connectivity index (χ2v) is 7.89. The van der Waals surface area contributed by atoms with Gasteiger partial charge in [-0.15, -0.1) is 21.5 Å². The van der Waals surface area contributed by atoms with Crippen LogP contribution in [0.5, 0.6) is 0 Å². The van der Waals surface area contributed by atoms with Crippen LogP contribution in [0.1, 0.15) is 27.4 Å². The van der Waals surface area contributed by atoms with Gasteiger partial charge in [0.15, 0.2) is 5.82 Å². The summed E-state index contributed by atoms with van der Waals surface area (Å²) in [5.41, 5.74) is 3.88. The molecule has 5 rings (SSSR count). The number of halogens is 1. The molecule has 1 N–H and O–H groups in total. The third-order valence-corrected chi connectivity index (χ3v) is 6.44. The monoisotopic (exact) mass is 399 g/mol. The maximum Gasteiger partial charge on any atom is 0.407 e. The molecule has 0 unspecified atom stereocenters. The van der Waals surface area contributed by atoms with Gasteiger partial charge in [-0.1, -0.05) is 29.8 Å². The zero-order valence-corrected chi connectivity index (χ0v) is 15.7. The number of aliphatic imine (C=N–C) groups is 1. The van der Waals surface area contributed by atoms with Crippen molar-refractivity contribution in [3.8, 4) is 5.00 Å². The van der Waals surface area contributed by atoms with E-state index < -0.39 is 6.09 Å². The fourth-order valence-electron chi connectivity index (χ4n) is 3.60. The normalized spacial score (nSPS) is 15.4. The Morgan fingerprint density at radius 1 is 1.30 bits per heavy atom. The van der Waals surface area contributed by atoms with Gasteiger partial charge in [-0.25, -0.2) is 4.79 Å². The smallest absolute Gasteiger partial charge is 0.407 e. The molecule has 7 nitrogen and oxygen atoms in total. The van der Waals surface area contributed by atoms with Crippen LogP contribution >= 0.6 is 22.9 Å². The van der Waals surface area contributed by atoms with Crippen LogP contribution in [-0.2, 0) is 19.5 Å². The van der Waals surface area contributed by atoms with E-state index in [1.807, 2.05) is 28.8 Å². The second kappa shape index (κ2) is 6.17. The largest absolute Gasteiger partial charge is 0.465 e. The van der Waals surface area contributed by atoms with Gasteiger partial charge in [0, 0.05) is 27.6 Å². The minimum Gasteiger partial charge on any atom is -0.465 e. The van der Waals surface area contributed by atoms with Crippen LogP contribution < -0.4 is 0 Å². The summed E-state index contributed by atoms with van der Waals surface area (Å²) < 4.78 is 1.96. The number of hydrogen-bond donors (Lipinski definition) is 1. The van der Waals surface area contributed by atoms with Crippen molar-refractivity contribution in [2.24, 2.45) is 4.99 Å². The molecule has 0 aliphatic carbocycles. The molecule has 0 spiro atoms. The molecule has 0 fully saturated rings. The van der Waals surface area contributed by atoms with Crippen LogP contribution in [0.2, 0.25) is 5.02 Å². The number of thiophene rings is 1. The average Bonchev–Trinajstić information content (AvgIpc) is 3.24. The molecule has 1 aromatic carbocycles. The SMILES string of the molecule is O=C(O)N1CCc2c(sc3c2C(c2ccccc2Cl)=NCc2nncn2-3)C1. The number of fused-ring (bicyclic) bond motifs is 5. The molecular formula is C18H14ClN5O2S. The first kappa shape index (κ1) is 16.5. The van der Waals surface area contributed by atoms with Gasteiger partial charge in [-0.05, 0) is 18.1 Å². The molecule has 0 bridgehead atoms. The van der Waals surface area contributed by atoms with Gasteiger partial charge in [0.25, 0.3) is 0 Å². The van der Waals surface area contributed by atoms with Crippen LogP contribution in [-0.4, -0.2) is 43.1 Å². The highest BCUT2D eigenvalue weighted by atomic mass is 35.5. The minimum atomic E-state index is -0.894. The molecule has 27 heavy (non-hydrogen) atoms. The van der Waals surface area contributed by atoms with E-state index in [0.717, 1.165) is 38.1 Å². The highest BCUT2D eigenvalue weighted by Gasteiger charge is 2.32. The van der Waals surface area contributed by atoms with Crippen LogP contribution in [0.25, 0.3) is 5.00 Å². The summed E-state index contributed by atoms with van der Waals surface area (Å²) in [4.78, 5) is 18.7. The number of carbonyl (C=O) groups is 1. The third-order valence-electron chi connectivity index (χ3n) is 4.89. The topological polar surface area (TPSA) is 83.6 Å². The summed E-state index contributed by atoms with van der Waals surface area (Å²) >= 11 is 8.06. The number of rotatable bonds is 1. The van der Waals surface area contributed by atoms with Crippen LogP contribution in [0.3, 0.4) is 0 Å². The summed E-state index contributed by atoms with van der Waals surface area (Å²) in [5, 5.41) is 19.2. The lowest BCUT2D eigenvalue weighted by Crippen LogP contribution is -2.34. The molecule has 0 saturated heterocycles. The van der Waals surface area contributed by atoms with E-state index in [0.29, 0.717) is 31.1 Å². The zero-order chi connectivity index (χ0) is 18.5. The first-order chi connectivity index (χ1) is 13.1. The van der Waals surface area contributed by atoms with E-state index in [9.17, 15) is 9.90 Å². The summed E-state index contributed by atoms with van der Waals surface area (Å²) in [6.45, 7) is 1.27. The molecule has 9 heteroatoms. The van der Waals surface area contributed by atoms with Crippen molar-refractivity contribution in [1.82, 2.24) is 19.7 Å². The molecule has 0 atom stereocenters. The quantitative estimate of drug-likeness (QED) is 0.680. The summed E-state index contributed by atoms with van der Waals surface area (Å²) in [6, 6.07) is 7.66. The third kappa shape index (κ3) is 2.55. The van der Waals surface area contributed by atoms with Crippen molar-refractivity contribution >= 4 is 34.7 Å². The van der Waals surface area contributed by atoms with Gasteiger partial charge in [-0.3, -0.25) is 9.56 Å². The number of benzene rings is 1. The van der Waals surface area contributed by atoms with Crippen molar-refractivity contribution in [3.63, 3.8) is 0 Å². The maximum atomic E-state index is 11.4. The van der Waals surface area contributed by atoms with Crippen molar-refractivity contribution in [2.75, 3.05) is 6.54 Å². The van der Waals surface area contributed by atoms with Gasteiger partial charge in [0.1, 0.15) is 17.9 Å². The Hall–Kier alpha value is -2.71. The summed E-state index contributed by atoms with van der Waals surface area (Å²) in [5.74, 6) is 0.756. The Labute approximate surface area is 163 Å². The van der Waals surface area contributed by atoms with E-state index in [4.69, 9.17) is 16.6 Å². The van der Waals surface area contributed by atoms with Crippen molar-refractivity contribution in [1.29, 1.82) is 0 Å². The van der Waals surface area contributed by atoms with E-state index >= 15 is 0 Å². The summed E-state index contributed by atoms with van der Waals surface area (Å²) in [7, 11) is 0. The Kier molecular flexibility index (Phi) is 3.76. The molecule has 4 heterocycles. The molecule has 136 valence electrons. The first-order valence-corrected chi connectivity index (χ1v) is 9.64. The molecule has 1 amide bonds. The van der Waals surface area contributed by atoms with Gasteiger partial charge in [-0.2, -0.15) is 0 Å². The van der Waals surface area contributed by atoms with Crippen LogP contribution in [0, 0.1) is 0 Å². The highest BCUT2D eigenvalue weighted by molar-refractivity contribution is 7.15. The predicted molar refractivity (Wildman–Crippen MR) is 102 cm³/mol. The van der Waals surface area contributed by atoms with Crippen molar-refractivity contribution in [3.05, 3.63) is 63.0 Å². The number of amides is 1. The Morgan fingerprint density at radius 2 is 2.15 bits per heavy atom. The van der Waals surface area contributed by atoms with E-state index in [-0.39, 0.29) is 0 Å². The Bertz CT molecular complexity index is 1100. The average molecular weight is 400 g/mol. The molecule has 0 radical (unpaired) electrons. The Morgan fingerprint density at radius 3 is 2.96 bits per heavy atom. The number of hydrogen-bond acceptors (Lipinski definition) is 5. The number of aromatic nitrogens is 3. The van der Waals surface area contributed by atoms with Gasteiger partial charge < -0.3 is 10.0 Å². The lowest BCUT2D eigenvalue weighted by molar-refractivity contribution is 0.140. The van der Waals surface area contributed by atoms with Crippen molar-refractivity contribution in [2.45, 2.75) is 19.5 Å². The zero-order valence-electron chi connectivity index (χ0n) is 14.1. The molecule has 2 aliphatic heterocycles. The summed E-state index contributed by atoms with van der Waals surface area (Å²) in [6.07, 6.45) is 1.44. The van der Waals surface area contributed by atoms with Crippen LogP contribution in [0.4, 0.5) is 4.79 Å². The molecule has 3 aromatic rings. The fraction of sp³-hybridized carbons (Fsp3) is 0.222. The lowest BCUT2D eigenvalue weighted by Gasteiger charge is -2.24. The molecule has 0 saturated carbocycles. The van der Waals surface area contributed by atoms with E-state index in [1.54, 1.807) is 17.7 Å². The molecule has 2 aromatic heterocycles.